The second-order valence-corrected chi connectivity index (χ2v) is 6.35. The van der Waals surface area contributed by atoms with Crippen LogP contribution in [0, 0.1) is 23.2 Å². The fraction of sp³-hybridized carbons (Fsp3) is 0.867. The molecule has 0 spiro atoms. The Hall–Kier alpha value is -0.260. The fourth-order valence-corrected chi connectivity index (χ4v) is 4.84. The smallest absolute Gasteiger partial charge is 0.00596 e. The summed E-state index contributed by atoms with van der Waals surface area (Å²) >= 11 is 0. The van der Waals surface area contributed by atoms with Crippen LogP contribution in [-0.4, -0.2) is 0 Å². The van der Waals surface area contributed by atoms with E-state index in [9.17, 15) is 0 Å². The first-order valence-electron chi connectivity index (χ1n) is 6.92. The molecule has 3 aliphatic rings. The van der Waals surface area contributed by atoms with Crippen LogP contribution in [-0.2, 0) is 0 Å². The summed E-state index contributed by atoms with van der Waals surface area (Å²) in [5.41, 5.74) is 2.19. The fourth-order valence-electron chi connectivity index (χ4n) is 4.84. The van der Waals surface area contributed by atoms with Gasteiger partial charge in [-0.05, 0) is 55.3 Å². The molecule has 15 heavy (non-hydrogen) atoms. The molecule has 3 aliphatic carbocycles. The summed E-state index contributed by atoms with van der Waals surface area (Å²) in [5.74, 6) is 2.88. The summed E-state index contributed by atoms with van der Waals surface area (Å²) in [4.78, 5) is 0. The molecule has 0 aromatic rings. The van der Waals surface area contributed by atoms with Crippen molar-refractivity contribution in [2.75, 3.05) is 0 Å². The molecule has 3 atom stereocenters. The molecule has 0 amide bonds. The molecule has 0 aromatic carbocycles. The van der Waals surface area contributed by atoms with Crippen molar-refractivity contribution in [1.29, 1.82) is 0 Å². The first-order chi connectivity index (χ1) is 7.23. The Labute approximate surface area is 94.1 Å². The molecule has 0 nitrogen and oxygen atoms in total. The highest BCUT2D eigenvalue weighted by Crippen LogP contribution is 2.63. The van der Waals surface area contributed by atoms with Gasteiger partial charge in [0.2, 0.25) is 0 Å². The molecule has 0 heteroatoms. The Kier molecular flexibility index (Phi) is 2.23. The Morgan fingerprint density at radius 1 is 1.00 bits per heavy atom. The molecule has 0 aromatic heterocycles. The zero-order valence-electron chi connectivity index (χ0n) is 10.1. The van der Waals surface area contributed by atoms with Gasteiger partial charge < -0.3 is 0 Å². The number of hydrogen-bond donors (Lipinski definition) is 0. The van der Waals surface area contributed by atoms with Crippen molar-refractivity contribution in [3.8, 4) is 0 Å². The van der Waals surface area contributed by atoms with Crippen LogP contribution in [0.25, 0.3) is 0 Å². The first-order valence-corrected chi connectivity index (χ1v) is 6.92. The van der Waals surface area contributed by atoms with E-state index >= 15 is 0 Å². The highest BCUT2D eigenvalue weighted by atomic mass is 14.6. The van der Waals surface area contributed by atoms with E-state index in [4.69, 9.17) is 0 Å². The minimum atomic E-state index is 0.545. The van der Waals surface area contributed by atoms with Crippen molar-refractivity contribution in [1.82, 2.24) is 0 Å². The van der Waals surface area contributed by atoms with E-state index < -0.39 is 0 Å². The van der Waals surface area contributed by atoms with Crippen LogP contribution in [0.3, 0.4) is 0 Å². The lowest BCUT2D eigenvalue weighted by molar-refractivity contribution is 0.115. The van der Waals surface area contributed by atoms with E-state index in [1.807, 2.05) is 0 Å². The number of allylic oxidation sites excluding steroid dienone is 1. The van der Waals surface area contributed by atoms with Crippen molar-refractivity contribution >= 4 is 0 Å². The van der Waals surface area contributed by atoms with Gasteiger partial charge in [-0.15, -0.1) is 0 Å². The van der Waals surface area contributed by atoms with Crippen LogP contribution >= 0.6 is 0 Å². The molecule has 0 aliphatic heterocycles. The largest absolute Gasteiger partial charge is 0.0990 e. The lowest BCUT2D eigenvalue weighted by Gasteiger charge is -2.44. The summed E-state index contributed by atoms with van der Waals surface area (Å²) in [7, 11) is 0. The van der Waals surface area contributed by atoms with E-state index in [1.165, 1.54) is 51.4 Å². The van der Waals surface area contributed by atoms with Gasteiger partial charge in [-0.2, -0.15) is 0 Å². The van der Waals surface area contributed by atoms with Gasteiger partial charge in [0, 0.05) is 0 Å². The predicted molar refractivity (Wildman–Crippen MR) is 64.7 cm³/mol. The molecule has 0 radical (unpaired) electrons. The molecule has 3 saturated carbocycles. The second kappa shape index (κ2) is 3.37. The number of hydrogen-bond acceptors (Lipinski definition) is 0. The van der Waals surface area contributed by atoms with Crippen LogP contribution in [0.4, 0.5) is 0 Å². The number of fused-ring (bicyclic) bond motifs is 2. The maximum Gasteiger partial charge on any atom is -0.00596 e. The Bertz CT molecular complexity index is 272. The third-order valence-electron chi connectivity index (χ3n) is 5.92. The van der Waals surface area contributed by atoms with Crippen molar-refractivity contribution in [3.05, 3.63) is 12.2 Å². The average Bonchev–Trinajstić information content (AvgIpc) is 2.84. The lowest BCUT2D eigenvalue weighted by Crippen LogP contribution is -2.35. The summed E-state index contributed by atoms with van der Waals surface area (Å²) in [6, 6.07) is 0. The zero-order chi connectivity index (χ0) is 10.5. The van der Waals surface area contributed by atoms with E-state index in [-0.39, 0.29) is 0 Å². The average molecular weight is 204 g/mol. The van der Waals surface area contributed by atoms with E-state index in [0.29, 0.717) is 5.41 Å². The van der Waals surface area contributed by atoms with Gasteiger partial charge in [0.1, 0.15) is 0 Å². The monoisotopic (exact) mass is 204 g/mol. The van der Waals surface area contributed by atoms with Crippen molar-refractivity contribution in [2.24, 2.45) is 23.2 Å². The van der Waals surface area contributed by atoms with Crippen molar-refractivity contribution in [2.45, 2.75) is 58.3 Å². The van der Waals surface area contributed by atoms with Gasteiger partial charge in [0.05, 0.1) is 0 Å². The standard InChI is InChI=1S/C15H24/c1-11-12-8-9-14(10-12)15(11,2)13-6-4-3-5-7-13/h12-14H,1,3-10H2,2H3. The molecule has 2 bridgehead atoms. The highest BCUT2D eigenvalue weighted by molar-refractivity contribution is 5.25. The normalized spacial score (nSPS) is 46.3. The van der Waals surface area contributed by atoms with Gasteiger partial charge in [-0.25, -0.2) is 0 Å². The quantitative estimate of drug-likeness (QED) is 0.549. The van der Waals surface area contributed by atoms with Gasteiger partial charge >= 0.3 is 0 Å². The molecular formula is C15H24. The Balaban J connectivity index is 1.85. The van der Waals surface area contributed by atoms with E-state index in [1.54, 1.807) is 5.57 Å². The summed E-state index contributed by atoms with van der Waals surface area (Å²) < 4.78 is 0. The molecule has 3 rings (SSSR count). The molecule has 84 valence electrons. The van der Waals surface area contributed by atoms with Crippen LogP contribution in [0.15, 0.2) is 12.2 Å². The minimum Gasteiger partial charge on any atom is -0.0990 e. The Morgan fingerprint density at radius 2 is 1.73 bits per heavy atom. The molecule has 0 heterocycles. The summed E-state index contributed by atoms with van der Waals surface area (Å²) in [5, 5.41) is 0. The van der Waals surface area contributed by atoms with E-state index in [0.717, 1.165) is 17.8 Å². The van der Waals surface area contributed by atoms with Crippen molar-refractivity contribution in [3.63, 3.8) is 0 Å². The van der Waals surface area contributed by atoms with Crippen LogP contribution in [0.1, 0.15) is 58.3 Å². The second-order valence-electron chi connectivity index (χ2n) is 6.35. The molecule has 0 saturated heterocycles. The topological polar surface area (TPSA) is 0 Å². The van der Waals surface area contributed by atoms with Gasteiger partial charge in [-0.3, -0.25) is 0 Å². The van der Waals surface area contributed by atoms with Crippen LogP contribution in [0.5, 0.6) is 0 Å². The van der Waals surface area contributed by atoms with Gasteiger partial charge in [0.15, 0.2) is 0 Å². The van der Waals surface area contributed by atoms with Crippen LogP contribution in [0.2, 0.25) is 0 Å². The van der Waals surface area contributed by atoms with Crippen LogP contribution < -0.4 is 0 Å². The number of rotatable bonds is 1. The zero-order valence-corrected chi connectivity index (χ0v) is 10.1. The third-order valence-corrected chi connectivity index (χ3v) is 5.92. The van der Waals surface area contributed by atoms with E-state index in [2.05, 4.69) is 13.5 Å². The molecule has 0 N–H and O–H groups in total. The molecule has 3 fully saturated rings. The summed E-state index contributed by atoms with van der Waals surface area (Å²) in [6.45, 7) is 7.02. The highest BCUT2D eigenvalue weighted by Gasteiger charge is 2.54. The Morgan fingerprint density at radius 3 is 2.33 bits per heavy atom. The van der Waals surface area contributed by atoms with Gasteiger partial charge in [0.25, 0.3) is 0 Å². The maximum absolute atomic E-state index is 4.47. The predicted octanol–water partition coefficient (Wildman–Crippen LogP) is 4.56. The molecule has 3 unspecified atom stereocenters. The van der Waals surface area contributed by atoms with Crippen molar-refractivity contribution < 1.29 is 0 Å². The third kappa shape index (κ3) is 1.26. The molecular weight excluding hydrogens is 180 g/mol. The minimum absolute atomic E-state index is 0.545. The van der Waals surface area contributed by atoms with Gasteiger partial charge in [-0.1, -0.05) is 38.3 Å². The SMILES string of the molecule is C=C1C2CCC(C2)C1(C)C1CCCCC1. The summed E-state index contributed by atoms with van der Waals surface area (Å²) in [6.07, 6.45) is 11.8. The first kappa shape index (κ1) is 9.93. The lowest BCUT2D eigenvalue weighted by atomic mass is 9.60. The maximum atomic E-state index is 4.47.